The van der Waals surface area contributed by atoms with Crippen LogP contribution in [0.1, 0.15) is 17.5 Å². The van der Waals surface area contributed by atoms with E-state index in [4.69, 9.17) is 0 Å². The zero-order chi connectivity index (χ0) is 19.7. The predicted octanol–water partition coefficient (Wildman–Crippen LogP) is 0.749. The van der Waals surface area contributed by atoms with Crippen LogP contribution >= 0.6 is 0 Å². The molecule has 0 radical (unpaired) electrons. The number of carbonyl (C=O) groups excluding carboxylic acids is 1. The van der Waals surface area contributed by atoms with Crippen molar-refractivity contribution in [2.24, 2.45) is 10.9 Å². The van der Waals surface area contributed by atoms with Gasteiger partial charge in [-0.15, -0.1) is 0 Å². The predicted molar refractivity (Wildman–Crippen MR) is 96.9 cm³/mol. The minimum absolute atomic E-state index is 0.0293. The van der Waals surface area contributed by atoms with Crippen LogP contribution in [0.4, 0.5) is 13.2 Å². The number of hydrogen-bond donors (Lipinski definition) is 3. The molecule has 3 N–H and O–H groups in total. The van der Waals surface area contributed by atoms with E-state index in [0.717, 1.165) is 43.8 Å². The normalized spacial score (nSPS) is 26.5. The summed E-state index contributed by atoms with van der Waals surface area (Å²) < 4.78 is 38.1. The smallest absolute Gasteiger partial charge is 0.341 e. The molecule has 0 spiro atoms. The van der Waals surface area contributed by atoms with Gasteiger partial charge >= 0.3 is 6.18 Å². The Kier molecular flexibility index (Phi) is 5.26. The second-order valence-electron chi connectivity index (χ2n) is 7.33. The lowest BCUT2D eigenvalue weighted by Crippen LogP contribution is -2.54. The van der Waals surface area contributed by atoms with Crippen molar-refractivity contribution >= 4 is 11.9 Å². The van der Waals surface area contributed by atoms with E-state index >= 15 is 0 Å². The number of fused-ring (bicyclic) bond motifs is 1. The number of hydrazine groups is 1. The average Bonchev–Trinajstić information content (AvgIpc) is 3.01. The van der Waals surface area contributed by atoms with E-state index in [-0.39, 0.29) is 18.0 Å². The molecule has 152 valence electrons. The molecular formula is C18H23F3N6O. The van der Waals surface area contributed by atoms with Crippen LogP contribution in [0.2, 0.25) is 0 Å². The van der Waals surface area contributed by atoms with E-state index in [1.807, 2.05) is 0 Å². The quantitative estimate of drug-likeness (QED) is 0.688. The van der Waals surface area contributed by atoms with Crippen LogP contribution in [0.5, 0.6) is 0 Å². The fourth-order valence-electron chi connectivity index (χ4n) is 3.77. The van der Waals surface area contributed by atoms with Crippen molar-refractivity contribution in [3.63, 3.8) is 0 Å². The van der Waals surface area contributed by atoms with Crippen LogP contribution in [-0.2, 0) is 17.5 Å². The molecule has 1 aromatic carbocycles. The second kappa shape index (κ2) is 7.69. The van der Waals surface area contributed by atoms with Crippen molar-refractivity contribution in [2.45, 2.75) is 25.3 Å². The molecule has 2 saturated heterocycles. The number of carbonyl (C=O) groups is 1. The lowest BCUT2D eigenvalue weighted by atomic mass is 10.1. The summed E-state index contributed by atoms with van der Waals surface area (Å²) in [4.78, 5) is 21.1. The summed E-state index contributed by atoms with van der Waals surface area (Å²) in [6.07, 6.45) is -3.67. The summed E-state index contributed by atoms with van der Waals surface area (Å²) in [5.41, 5.74) is 6.21. The van der Waals surface area contributed by atoms with E-state index in [1.165, 1.54) is 12.1 Å². The van der Waals surface area contributed by atoms with Crippen molar-refractivity contribution in [1.82, 2.24) is 26.0 Å². The monoisotopic (exact) mass is 396 g/mol. The van der Waals surface area contributed by atoms with Gasteiger partial charge in [-0.3, -0.25) is 20.4 Å². The molecule has 0 aliphatic carbocycles. The third-order valence-electron chi connectivity index (χ3n) is 5.36. The first-order valence-electron chi connectivity index (χ1n) is 9.41. The summed E-state index contributed by atoms with van der Waals surface area (Å²) in [6, 6.07) is 5.33. The number of nitrogens with zero attached hydrogens (tertiary/aromatic N) is 3. The minimum atomic E-state index is -4.31. The molecule has 1 aromatic rings. The van der Waals surface area contributed by atoms with Gasteiger partial charge in [-0.1, -0.05) is 12.1 Å². The largest absolute Gasteiger partial charge is 0.416 e. The highest BCUT2D eigenvalue weighted by Gasteiger charge is 2.38. The highest BCUT2D eigenvalue weighted by Crippen LogP contribution is 2.29. The van der Waals surface area contributed by atoms with Crippen LogP contribution in [0.15, 0.2) is 29.3 Å². The zero-order valence-electron chi connectivity index (χ0n) is 15.3. The van der Waals surface area contributed by atoms with Gasteiger partial charge in [0.2, 0.25) is 11.9 Å². The van der Waals surface area contributed by atoms with Gasteiger partial charge in [-0.2, -0.15) is 13.2 Å². The molecule has 2 fully saturated rings. The fraction of sp³-hybridized carbons (Fsp3) is 0.556. The van der Waals surface area contributed by atoms with E-state index in [0.29, 0.717) is 25.6 Å². The van der Waals surface area contributed by atoms with E-state index in [2.05, 4.69) is 31.0 Å². The van der Waals surface area contributed by atoms with Gasteiger partial charge in [0.15, 0.2) is 0 Å². The molecule has 0 saturated carbocycles. The maximum absolute atomic E-state index is 12.7. The molecule has 0 bridgehead atoms. The molecule has 3 aliphatic heterocycles. The Hall–Kier alpha value is -2.17. The number of benzene rings is 1. The maximum Gasteiger partial charge on any atom is 0.416 e. The van der Waals surface area contributed by atoms with E-state index in [9.17, 15) is 18.0 Å². The van der Waals surface area contributed by atoms with Crippen LogP contribution in [-0.4, -0.2) is 60.6 Å². The lowest BCUT2D eigenvalue weighted by Gasteiger charge is -2.30. The number of rotatable bonds is 2. The number of alkyl halides is 3. The molecule has 3 aliphatic rings. The van der Waals surface area contributed by atoms with Gasteiger partial charge in [0, 0.05) is 39.3 Å². The van der Waals surface area contributed by atoms with Crippen molar-refractivity contribution in [2.75, 3.05) is 32.7 Å². The summed E-state index contributed by atoms with van der Waals surface area (Å²) in [6.45, 7) is 4.22. The van der Waals surface area contributed by atoms with Gasteiger partial charge in [0.25, 0.3) is 0 Å². The number of aliphatic imine (C=N–C) groups is 1. The van der Waals surface area contributed by atoms with Gasteiger partial charge in [-0.25, -0.2) is 10.4 Å². The molecular weight excluding hydrogens is 373 g/mol. The first kappa shape index (κ1) is 19.2. The summed E-state index contributed by atoms with van der Waals surface area (Å²) in [5.74, 6) is 0.379. The Balaban J connectivity index is 1.36. The number of amides is 1. The number of guanidine groups is 1. The molecule has 2 atom stereocenters. The Morgan fingerprint density at radius 3 is 2.64 bits per heavy atom. The third kappa shape index (κ3) is 4.13. The number of nitrogens with one attached hydrogen (secondary N) is 3. The molecule has 10 heteroatoms. The fourth-order valence-corrected chi connectivity index (χ4v) is 3.77. The molecule has 2 unspecified atom stereocenters. The highest BCUT2D eigenvalue weighted by molar-refractivity contribution is 6.00. The maximum atomic E-state index is 12.7. The average molecular weight is 396 g/mol. The lowest BCUT2D eigenvalue weighted by molar-refractivity contribution is -0.137. The highest BCUT2D eigenvalue weighted by atomic mass is 19.4. The molecule has 4 rings (SSSR count). The van der Waals surface area contributed by atoms with Gasteiger partial charge in [0.1, 0.15) is 6.17 Å². The summed E-state index contributed by atoms with van der Waals surface area (Å²) in [7, 11) is 0. The van der Waals surface area contributed by atoms with Gasteiger partial charge in [0.05, 0.1) is 11.5 Å². The van der Waals surface area contributed by atoms with E-state index < -0.39 is 11.7 Å². The second-order valence-corrected chi connectivity index (χ2v) is 7.33. The standard InChI is InChI=1S/C18H23F3N6O/c19-18(20,21)13-4-2-12(3-5-13)11-26-6-1-7-27(9-8-26)17-23-15-14(10-22-25-15)16(28)24-17/h2-5,14-15,22,25H,1,6-11H2,(H,23,24,28). The Morgan fingerprint density at radius 2 is 1.89 bits per heavy atom. The summed E-state index contributed by atoms with van der Waals surface area (Å²) in [5, 5.41) is 2.90. The molecule has 3 heterocycles. The Morgan fingerprint density at radius 1 is 1.11 bits per heavy atom. The Bertz CT molecular complexity index is 751. The first-order chi connectivity index (χ1) is 13.4. The minimum Gasteiger partial charge on any atom is -0.341 e. The van der Waals surface area contributed by atoms with Crippen LogP contribution < -0.4 is 16.2 Å². The molecule has 7 nitrogen and oxygen atoms in total. The third-order valence-corrected chi connectivity index (χ3v) is 5.36. The summed E-state index contributed by atoms with van der Waals surface area (Å²) >= 11 is 0. The first-order valence-corrected chi connectivity index (χ1v) is 9.41. The van der Waals surface area contributed by atoms with Crippen LogP contribution in [0.25, 0.3) is 0 Å². The van der Waals surface area contributed by atoms with Crippen LogP contribution in [0.3, 0.4) is 0 Å². The van der Waals surface area contributed by atoms with Gasteiger partial charge < -0.3 is 4.90 Å². The van der Waals surface area contributed by atoms with Crippen LogP contribution in [0, 0.1) is 5.92 Å². The van der Waals surface area contributed by atoms with Crippen molar-refractivity contribution in [3.8, 4) is 0 Å². The Labute approximate surface area is 160 Å². The van der Waals surface area contributed by atoms with Gasteiger partial charge in [-0.05, 0) is 24.1 Å². The zero-order valence-corrected chi connectivity index (χ0v) is 15.3. The van der Waals surface area contributed by atoms with E-state index in [1.54, 1.807) is 0 Å². The SMILES string of the molecule is O=C1NC(N2CCCN(Cc3ccc(C(F)(F)F)cc3)CC2)=NC2NNCC12. The number of halogens is 3. The van der Waals surface area contributed by atoms with Crippen molar-refractivity contribution in [1.29, 1.82) is 0 Å². The molecule has 28 heavy (non-hydrogen) atoms. The number of hydrogen-bond acceptors (Lipinski definition) is 6. The van der Waals surface area contributed by atoms with Crippen molar-refractivity contribution < 1.29 is 18.0 Å². The molecule has 1 amide bonds. The molecule has 0 aromatic heterocycles. The van der Waals surface area contributed by atoms with Crippen molar-refractivity contribution in [3.05, 3.63) is 35.4 Å². The topological polar surface area (TPSA) is 72.0 Å².